The van der Waals surface area contributed by atoms with Gasteiger partial charge in [0.05, 0.1) is 36.1 Å². The molecular formula is C45H62O6. The van der Waals surface area contributed by atoms with Crippen molar-refractivity contribution in [2.75, 3.05) is 0 Å². The van der Waals surface area contributed by atoms with Crippen molar-refractivity contribution in [3.8, 4) is 28.7 Å². The maximum absolute atomic E-state index is 13.7. The van der Waals surface area contributed by atoms with Gasteiger partial charge in [-0.1, -0.05) is 62.4 Å². The van der Waals surface area contributed by atoms with E-state index in [-0.39, 0.29) is 36.3 Å². The second-order valence-corrected chi connectivity index (χ2v) is 16.0. The maximum atomic E-state index is 13.7. The third kappa shape index (κ3) is 9.84. The average Bonchev–Trinajstić information content (AvgIpc) is 3.19. The van der Waals surface area contributed by atoms with Crippen molar-refractivity contribution in [2.24, 2.45) is 0 Å². The largest absolute Gasteiger partial charge is 0.486 e. The van der Waals surface area contributed by atoms with E-state index in [2.05, 4.69) is 0 Å². The van der Waals surface area contributed by atoms with Gasteiger partial charge in [0.15, 0.2) is 17.3 Å². The first-order chi connectivity index (χ1) is 25.2. The first kappa shape index (κ1) is 36.2. The lowest BCUT2D eigenvalue weighted by Gasteiger charge is -2.35. The van der Waals surface area contributed by atoms with E-state index >= 15 is 0 Å². The van der Waals surface area contributed by atoms with Crippen molar-refractivity contribution in [1.29, 1.82) is 0 Å². The minimum absolute atomic E-state index is 0.0464. The number of benzene rings is 2. The molecule has 5 aliphatic carbocycles. The Kier molecular flexibility index (Phi) is 13.2. The zero-order valence-corrected chi connectivity index (χ0v) is 31.1. The fourth-order valence-electron chi connectivity index (χ4n) is 8.97. The van der Waals surface area contributed by atoms with Gasteiger partial charge in [0, 0.05) is 5.56 Å². The standard InChI is InChI=1S/C45H62O6/c46-40(33-19-7-1-8-20-33)32-31-39-41(47-34-21-9-2-10-22-34)43(49-36-25-13-4-14-26-36)45(51-38-29-17-6-18-30-38)44(50-37-27-15-5-16-28-37)42(39)48-35-23-11-3-12-24-35/h1,7-8,19-20,31-32,34-38H,2-6,9-18,21-30H2. The normalized spacial score (nSPS) is 22.1. The average molecular weight is 699 g/mol. The fraction of sp³-hybridized carbons (Fsp3) is 0.667. The zero-order valence-electron chi connectivity index (χ0n) is 31.1. The molecule has 0 unspecified atom stereocenters. The molecule has 0 saturated heterocycles. The Bertz CT molecular complexity index is 1340. The van der Waals surface area contributed by atoms with Gasteiger partial charge < -0.3 is 23.7 Å². The molecule has 5 saturated carbocycles. The van der Waals surface area contributed by atoms with Gasteiger partial charge in [-0.15, -0.1) is 0 Å². The first-order valence-electron chi connectivity index (χ1n) is 21.1. The number of hydrogen-bond donors (Lipinski definition) is 0. The van der Waals surface area contributed by atoms with Crippen LogP contribution in [0.3, 0.4) is 0 Å². The van der Waals surface area contributed by atoms with E-state index in [0.717, 1.165) is 121 Å². The van der Waals surface area contributed by atoms with E-state index in [1.807, 2.05) is 36.4 Å². The fourth-order valence-corrected chi connectivity index (χ4v) is 8.97. The third-order valence-corrected chi connectivity index (χ3v) is 12.0. The second-order valence-electron chi connectivity index (χ2n) is 16.0. The molecule has 7 rings (SSSR count). The van der Waals surface area contributed by atoms with Crippen LogP contribution in [0.4, 0.5) is 0 Å². The molecule has 0 spiro atoms. The van der Waals surface area contributed by atoms with Crippen LogP contribution in [-0.2, 0) is 0 Å². The van der Waals surface area contributed by atoms with E-state index in [4.69, 9.17) is 23.7 Å². The highest BCUT2D eigenvalue weighted by atomic mass is 16.6. The van der Waals surface area contributed by atoms with Gasteiger partial charge >= 0.3 is 0 Å². The molecule has 6 heteroatoms. The summed E-state index contributed by atoms with van der Waals surface area (Å²) in [5, 5.41) is 0. The first-order valence-corrected chi connectivity index (χ1v) is 21.1. The second kappa shape index (κ2) is 18.6. The quantitative estimate of drug-likeness (QED) is 0.153. The molecule has 2 aromatic carbocycles. The Hall–Kier alpha value is -3.15. The summed E-state index contributed by atoms with van der Waals surface area (Å²) in [6.07, 6.45) is 32.0. The molecule has 0 atom stereocenters. The Morgan fingerprint density at radius 2 is 0.706 bits per heavy atom. The van der Waals surface area contributed by atoms with Crippen LogP contribution < -0.4 is 23.7 Å². The Morgan fingerprint density at radius 1 is 0.412 bits per heavy atom. The van der Waals surface area contributed by atoms with Crippen LogP contribution >= 0.6 is 0 Å². The summed E-state index contributed by atoms with van der Waals surface area (Å²) in [5.74, 6) is 3.34. The topological polar surface area (TPSA) is 63.2 Å². The number of ether oxygens (including phenoxy) is 5. The number of rotatable bonds is 13. The SMILES string of the molecule is O=C(C=Cc1c(OC2CCCCC2)c(OC2CCCCC2)c(OC2CCCCC2)c(OC2CCCCC2)c1OC1CCCCC1)c1ccccc1. The number of hydrogen-bond acceptors (Lipinski definition) is 6. The molecule has 2 aromatic rings. The Morgan fingerprint density at radius 3 is 1.04 bits per heavy atom. The molecule has 0 radical (unpaired) electrons. The van der Waals surface area contributed by atoms with Crippen molar-refractivity contribution in [3.05, 3.63) is 47.5 Å². The molecule has 0 amide bonds. The van der Waals surface area contributed by atoms with Crippen LogP contribution in [0.15, 0.2) is 36.4 Å². The lowest BCUT2D eigenvalue weighted by atomic mass is 9.96. The summed E-state index contributed by atoms with van der Waals surface area (Å²) in [7, 11) is 0. The smallest absolute Gasteiger partial charge is 0.211 e. The number of allylic oxidation sites excluding steroid dienone is 1. The highest BCUT2D eigenvalue weighted by molar-refractivity contribution is 6.07. The highest BCUT2D eigenvalue weighted by Crippen LogP contribution is 2.57. The van der Waals surface area contributed by atoms with Crippen molar-refractivity contribution >= 4 is 11.9 Å². The summed E-state index contributed by atoms with van der Waals surface area (Å²) in [6.45, 7) is 0. The molecule has 278 valence electrons. The van der Waals surface area contributed by atoms with E-state index < -0.39 is 0 Å². The monoisotopic (exact) mass is 698 g/mol. The number of carbonyl (C=O) groups excluding carboxylic acids is 1. The maximum Gasteiger partial charge on any atom is 0.211 e. The molecule has 51 heavy (non-hydrogen) atoms. The molecule has 0 heterocycles. The third-order valence-electron chi connectivity index (χ3n) is 12.0. The van der Waals surface area contributed by atoms with Crippen molar-refractivity contribution in [3.63, 3.8) is 0 Å². The Labute approximate surface area is 307 Å². The van der Waals surface area contributed by atoms with Crippen LogP contribution in [0.25, 0.3) is 6.08 Å². The van der Waals surface area contributed by atoms with E-state index in [9.17, 15) is 4.79 Å². The van der Waals surface area contributed by atoms with Gasteiger partial charge in [0.2, 0.25) is 17.2 Å². The van der Waals surface area contributed by atoms with Crippen molar-refractivity contribution in [2.45, 2.75) is 191 Å². The molecule has 0 bridgehead atoms. The van der Waals surface area contributed by atoms with Gasteiger partial charge in [0.25, 0.3) is 0 Å². The summed E-state index contributed by atoms with van der Waals surface area (Å²) in [6, 6.07) is 9.53. The van der Waals surface area contributed by atoms with Crippen LogP contribution in [-0.4, -0.2) is 36.3 Å². The molecule has 5 fully saturated rings. The summed E-state index contributed by atoms with van der Waals surface area (Å²) < 4.78 is 36.0. The van der Waals surface area contributed by atoms with Crippen LogP contribution in [0.1, 0.15) is 176 Å². The van der Waals surface area contributed by atoms with E-state index in [1.165, 1.54) is 44.9 Å². The molecule has 0 aliphatic heterocycles. The minimum Gasteiger partial charge on any atom is -0.486 e. The minimum atomic E-state index is -0.0464. The summed E-state index contributed by atoms with van der Waals surface area (Å²) in [4.78, 5) is 13.7. The van der Waals surface area contributed by atoms with Gasteiger partial charge in [-0.3, -0.25) is 4.79 Å². The van der Waals surface area contributed by atoms with Gasteiger partial charge in [-0.2, -0.15) is 0 Å². The summed E-state index contributed by atoms with van der Waals surface area (Å²) >= 11 is 0. The van der Waals surface area contributed by atoms with E-state index in [1.54, 1.807) is 6.08 Å². The number of ketones is 1. The lowest BCUT2D eigenvalue weighted by Crippen LogP contribution is -2.27. The lowest BCUT2D eigenvalue weighted by molar-refractivity contribution is 0.0866. The molecule has 0 aromatic heterocycles. The molecule has 0 N–H and O–H groups in total. The van der Waals surface area contributed by atoms with Crippen LogP contribution in [0.2, 0.25) is 0 Å². The molecule has 6 nitrogen and oxygen atoms in total. The van der Waals surface area contributed by atoms with Crippen molar-refractivity contribution in [1.82, 2.24) is 0 Å². The van der Waals surface area contributed by atoms with E-state index in [0.29, 0.717) is 34.3 Å². The van der Waals surface area contributed by atoms with Gasteiger partial charge in [-0.25, -0.2) is 0 Å². The van der Waals surface area contributed by atoms with Crippen LogP contribution in [0.5, 0.6) is 28.7 Å². The predicted molar refractivity (Wildman–Crippen MR) is 204 cm³/mol. The zero-order chi connectivity index (χ0) is 34.7. The van der Waals surface area contributed by atoms with Gasteiger partial charge in [-0.05, 0) is 141 Å². The molecular weight excluding hydrogens is 636 g/mol. The number of carbonyl (C=O) groups is 1. The predicted octanol–water partition coefficient (Wildman–Crippen LogP) is 12.1. The van der Waals surface area contributed by atoms with Crippen molar-refractivity contribution < 1.29 is 28.5 Å². The molecule has 5 aliphatic rings. The summed E-state index contributed by atoms with van der Waals surface area (Å²) in [5.41, 5.74) is 1.43. The van der Waals surface area contributed by atoms with Crippen LogP contribution in [0, 0.1) is 0 Å². The Balaban J connectivity index is 1.42. The highest BCUT2D eigenvalue weighted by Gasteiger charge is 2.36. The van der Waals surface area contributed by atoms with Gasteiger partial charge in [0.1, 0.15) is 0 Å².